The standard InChI is InChI=1S/C21H20N2O5S2/c1-14(24)15-6-5-7-16(10-15)23-18-12-30(26,27)13-19(18)29-21(23)22-20(25)11-28-17-8-3-2-4-9-17/h2-10,18-19H,11-13H2,1H3/t18-,19-/m1/s1. The molecule has 2 aromatic rings. The lowest BCUT2D eigenvalue weighted by Gasteiger charge is -2.24. The number of ketones is 1. The number of nitrogens with zero attached hydrogens (tertiary/aromatic N) is 2. The van der Waals surface area contributed by atoms with Gasteiger partial charge in [-0.2, -0.15) is 4.99 Å². The monoisotopic (exact) mass is 444 g/mol. The van der Waals surface area contributed by atoms with Gasteiger partial charge in [-0.15, -0.1) is 0 Å². The zero-order valence-electron chi connectivity index (χ0n) is 16.2. The van der Waals surface area contributed by atoms with E-state index in [1.807, 2.05) is 18.2 Å². The van der Waals surface area contributed by atoms with Gasteiger partial charge in [0.2, 0.25) is 0 Å². The van der Waals surface area contributed by atoms with E-state index < -0.39 is 15.7 Å². The summed E-state index contributed by atoms with van der Waals surface area (Å²) in [6.45, 7) is 1.25. The molecule has 0 spiro atoms. The molecule has 9 heteroatoms. The molecule has 7 nitrogen and oxygen atoms in total. The number of anilines is 1. The summed E-state index contributed by atoms with van der Waals surface area (Å²) in [6.07, 6.45) is 0. The molecule has 1 amide bonds. The summed E-state index contributed by atoms with van der Waals surface area (Å²) in [5, 5.41) is 0.222. The minimum absolute atomic E-state index is 0.0112. The van der Waals surface area contributed by atoms with Crippen molar-refractivity contribution in [1.29, 1.82) is 0 Å². The second kappa shape index (κ2) is 8.23. The van der Waals surface area contributed by atoms with Crippen LogP contribution in [0.2, 0.25) is 0 Å². The molecule has 2 heterocycles. The van der Waals surface area contributed by atoms with Gasteiger partial charge in [-0.1, -0.05) is 42.1 Å². The second-order valence-corrected chi connectivity index (χ2v) is 10.5. The van der Waals surface area contributed by atoms with E-state index in [-0.39, 0.29) is 35.2 Å². The Kier molecular flexibility index (Phi) is 5.66. The molecule has 30 heavy (non-hydrogen) atoms. The van der Waals surface area contributed by atoms with Crippen molar-refractivity contribution in [2.45, 2.75) is 18.2 Å². The van der Waals surface area contributed by atoms with E-state index in [0.717, 1.165) is 0 Å². The molecule has 0 saturated carbocycles. The molecule has 4 rings (SSSR count). The highest BCUT2D eigenvalue weighted by Gasteiger charge is 2.49. The van der Waals surface area contributed by atoms with Crippen LogP contribution < -0.4 is 9.64 Å². The molecule has 0 aliphatic carbocycles. The number of ether oxygens (including phenoxy) is 1. The van der Waals surface area contributed by atoms with Crippen LogP contribution in [0.5, 0.6) is 5.75 Å². The van der Waals surface area contributed by atoms with E-state index in [9.17, 15) is 18.0 Å². The molecule has 2 saturated heterocycles. The summed E-state index contributed by atoms with van der Waals surface area (Å²) < 4.78 is 29.8. The maximum Gasteiger partial charge on any atom is 0.285 e. The van der Waals surface area contributed by atoms with E-state index in [2.05, 4.69) is 4.99 Å². The summed E-state index contributed by atoms with van der Waals surface area (Å²) >= 11 is 1.29. The highest BCUT2D eigenvalue weighted by Crippen LogP contribution is 2.41. The van der Waals surface area contributed by atoms with Crippen LogP contribution in [0.15, 0.2) is 59.6 Å². The first-order valence-corrected chi connectivity index (χ1v) is 12.1. The summed E-state index contributed by atoms with van der Waals surface area (Å²) in [4.78, 5) is 30.2. The quantitative estimate of drug-likeness (QED) is 0.655. The Balaban J connectivity index is 1.61. The third kappa shape index (κ3) is 4.41. The lowest BCUT2D eigenvalue weighted by molar-refractivity contribution is -0.119. The fraction of sp³-hybridized carbons (Fsp3) is 0.286. The number of amidine groups is 1. The van der Waals surface area contributed by atoms with Crippen molar-refractivity contribution in [3.8, 4) is 5.75 Å². The topological polar surface area (TPSA) is 93.1 Å². The van der Waals surface area contributed by atoms with Crippen LogP contribution in [0, 0.1) is 0 Å². The smallest absolute Gasteiger partial charge is 0.285 e. The molecule has 156 valence electrons. The maximum atomic E-state index is 12.4. The van der Waals surface area contributed by atoms with Crippen molar-refractivity contribution in [2.75, 3.05) is 23.0 Å². The van der Waals surface area contributed by atoms with Gasteiger partial charge in [0.1, 0.15) is 5.75 Å². The van der Waals surface area contributed by atoms with Gasteiger partial charge < -0.3 is 9.64 Å². The van der Waals surface area contributed by atoms with Gasteiger partial charge in [0, 0.05) is 16.5 Å². The van der Waals surface area contributed by atoms with E-state index >= 15 is 0 Å². The number of para-hydroxylation sites is 1. The van der Waals surface area contributed by atoms with Crippen LogP contribution in [0.4, 0.5) is 5.69 Å². The van der Waals surface area contributed by atoms with Crippen LogP contribution in [0.1, 0.15) is 17.3 Å². The Labute approximate surface area is 179 Å². The van der Waals surface area contributed by atoms with Crippen LogP contribution in [0.25, 0.3) is 0 Å². The predicted molar refractivity (Wildman–Crippen MR) is 117 cm³/mol. The highest BCUT2D eigenvalue weighted by atomic mass is 32.2. The Morgan fingerprint density at radius 2 is 1.90 bits per heavy atom. The highest BCUT2D eigenvalue weighted by molar-refractivity contribution is 8.16. The zero-order valence-corrected chi connectivity index (χ0v) is 17.9. The zero-order chi connectivity index (χ0) is 21.3. The number of hydrogen-bond donors (Lipinski definition) is 0. The van der Waals surface area contributed by atoms with E-state index in [1.165, 1.54) is 18.7 Å². The van der Waals surface area contributed by atoms with Crippen molar-refractivity contribution in [3.63, 3.8) is 0 Å². The molecule has 2 aromatic carbocycles. The molecular formula is C21H20N2O5S2. The summed E-state index contributed by atoms with van der Waals surface area (Å²) in [5.74, 6) is 0.0443. The van der Waals surface area contributed by atoms with E-state index in [0.29, 0.717) is 22.2 Å². The first-order chi connectivity index (χ1) is 14.3. The largest absolute Gasteiger partial charge is 0.484 e. The van der Waals surface area contributed by atoms with Crippen molar-refractivity contribution in [3.05, 3.63) is 60.2 Å². The van der Waals surface area contributed by atoms with Gasteiger partial charge in [0.25, 0.3) is 5.91 Å². The van der Waals surface area contributed by atoms with Crippen molar-refractivity contribution in [1.82, 2.24) is 0 Å². The third-order valence-electron chi connectivity index (χ3n) is 4.92. The second-order valence-electron chi connectivity index (χ2n) is 7.17. The average molecular weight is 445 g/mol. The number of hydrogen-bond acceptors (Lipinski definition) is 6. The van der Waals surface area contributed by atoms with Crippen LogP contribution >= 0.6 is 11.8 Å². The summed E-state index contributed by atoms with van der Waals surface area (Å²) in [7, 11) is -3.17. The average Bonchev–Trinajstić information content (AvgIpc) is 3.17. The number of rotatable bonds is 5. The first kappa shape index (κ1) is 20.6. The number of amides is 1. The fourth-order valence-electron chi connectivity index (χ4n) is 3.54. The Hall–Kier alpha value is -2.65. The van der Waals surface area contributed by atoms with E-state index in [4.69, 9.17) is 4.74 Å². The summed E-state index contributed by atoms with van der Waals surface area (Å²) in [6, 6.07) is 15.6. The number of thioether (sulfide) groups is 1. The molecule has 0 aromatic heterocycles. The van der Waals surface area contributed by atoms with Gasteiger partial charge in [0.05, 0.1) is 17.5 Å². The first-order valence-electron chi connectivity index (χ1n) is 9.39. The van der Waals surface area contributed by atoms with Crippen LogP contribution in [-0.2, 0) is 14.6 Å². The fourth-order valence-corrected chi connectivity index (χ4v) is 7.47. The van der Waals surface area contributed by atoms with Gasteiger partial charge >= 0.3 is 0 Å². The minimum Gasteiger partial charge on any atom is -0.484 e. The molecule has 2 atom stereocenters. The van der Waals surface area contributed by atoms with Crippen LogP contribution in [-0.4, -0.2) is 54.7 Å². The Morgan fingerprint density at radius 1 is 1.13 bits per heavy atom. The molecule has 2 fully saturated rings. The number of aliphatic imine (C=N–C) groups is 1. The van der Waals surface area contributed by atoms with Gasteiger partial charge in [-0.05, 0) is 31.2 Å². The number of sulfone groups is 1. The van der Waals surface area contributed by atoms with E-state index in [1.54, 1.807) is 41.3 Å². The molecule has 2 aliphatic heterocycles. The SMILES string of the molecule is CC(=O)c1cccc(N2C(=NC(=O)COc3ccccc3)S[C@@H]3CS(=O)(=O)C[C@H]32)c1. The molecule has 0 radical (unpaired) electrons. The molecule has 0 bridgehead atoms. The maximum absolute atomic E-state index is 12.4. The Morgan fingerprint density at radius 3 is 2.63 bits per heavy atom. The van der Waals surface area contributed by atoms with Crippen molar-refractivity contribution >= 4 is 44.1 Å². The normalized spacial score (nSPS) is 23.4. The molecule has 0 N–H and O–H groups in total. The third-order valence-corrected chi connectivity index (χ3v) is 8.13. The van der Waals surface area contributed by atoms with Crippen LogP contribution in [0.3, 0.4) is 0 Å². The minimum atomic E-state index is -3.17. The molecule has 0 unspecified atom stereocenters. The van der Waals surface area contributed by atoms with Gasteiger partial charge in [-0.3, -0.25) is 9.59 Å². The number of Topliss-reactive ketones (excluding diaryl/α,β-unsaturated/α-hetero) is 1. The Bertz CT molecular complexity index is 1120. The number of fused-ring (bicyclic) bond motifs is 1. The number of carbonyl (C=O) groups excluding carboxylic acids is 2. The number of carbonyl (C=O) groups is 2. The molecular weight excluding hydrogens is 424 g/mol. The summed E-state index contributed by atoms with van der Waals surface area (Å²) in [5.41, 5.74) is 1.16. The van der Waals surface area contributed by atoms with Crippen molar-refractivity contribution < 1.29 is 22.7 Å². The molecule has 2 aliphatic rings. The predicted octanol–water partition coefficient (Wildman–Crippen LogP) is 2.57. The number of benzene rings is 2. The van der Waals surface area contributed by atoms with Gasteiger partial charge in [0.15, 0.2) is 27.4 Å². The lowest BCUT2D eigenvalue weighted by Crippen LogP contribution is -2.38. The van der Waals surface area contributed by atoms with Gasteiger partial charge in [-0.25, -0.2) is 8.42 Å². The lowest BCUT2D eigenvalue weighted by atomic mass is 10.1. The van der Waals surface area contributed by atoms with Crippen molar-refractivity contribution in [2.24, 2.45) is 4.99 Å².